The van der Waals surface area contributed by atoms with Crippen LogP contribution in [0.15, 0.2) is 224 Å². The maximum absolute atomic E-state index is 14.9. The summed E-state index contributed by atoms with van der Waals surface area (Å²) in [6.07, 6.45) is -4.59. The van der Waals surface area contributed by atoms with Gasteiger partial charge in [-0.15, -0.1) is 0 Å². The van der Waals surface area contributed by atoms with E-state index in [9.17, 15) is 13.2 Å². The largest absolute Gasteiger partial charge is 0.417 e. The van der Waals surface area contributed by atoms with Crippen molar-refractivity contribution in [3.63, 3.8) is 0 Å². The molecule has 12 rings (SSSR count). The van der Waals surface area contributed by atoms with Gasteiger partial charge in [0, 0.05) is 27.2 Å². The number of aromatic nitrogens is 2. The molecular weight excluding hydrogens is 856 g/mol. The van der Waals surface area contributed by atoms with Crippen LogP contribution in [0.3, 0.4) is 0 Å². The molecule has 0 aliphatic heterocycles. The van der Waals surface area contributed by atoms with Crippen LogP contribution >= 0.6 is 0 Å². The van der Waals surface area contributed by atoms with E-state index in [-0.39, 0.29) is 5.56 Å². The number of hydrogen-bond acceptors (Lipinski definition) is 0. The molecule has 0 N–H and O–H groups in total. The zero-order valence-corrected chi connectivity index (χ0v) is 37.3. The average Bonchev–Trinajstić information content (AvgIpc) is 3.90. The molecular formula is C63H40F3N3. The van der Waals surface area contributed by atoms with Crippen LogP contribution in [0, 0.1) is 13.5 Å². The lowest BCUT2D eigenvalue weighted by molar-refractivity contribution is -0.137. The fourth-order valence-electron chi connectivity index (χ4n) is 10.3. The number of nitrogens with zero attached hydrogens (tertiary/aromatic N) is 3. The molecule has 12 aromatic rings. The lowest BCUT2D eigenvalue weighted by atomic mass is 9.91. The Kier molecular flexibility index (Phi) is 9.89. The van der Waals surface area contributed by atoms with Crippen LogP contribution in [-0.4, -0.2) is 9.13 Å². The van der Waals surface area contributed by atoms with Gasteiger partial charge < -0.3 is 9.13 Å². The van der Waals surface area contributed by atoms with E-state index in [2.05, 4.69) is 117 Å². The first kappa shape index (κ1) is 41.5. The third kappa shape index (κ3) is 7.06. The number of aryl methyl sites for hydroxylation is 1. The fraction of sp³-hybridized carbons (Fsp3) is 0.0317. The molecule has 0 radical (unpaired) electrons. The van der Waals surface area contributed by atoms with Crippen LogP contribution in [0.5, 0.6) is 0 Å². The predicted octanol–water partition coefficient (Wildman–Crippen LogP) is 18.1. The van der Waals surface area contributed by atoms with Gasteiger partial charge in [-0.3, -0.25) is 0 Å². The normalized spacial score (nSPS) is 11.8. The van der Waals surface area contributed by atoms with Gasteiger partial charge in [-0.05, 0) is 141 Å². The summed E-state index contributed by atoms with van der Waals surface area (Å²) in [6.45, 7) is 10.3. The lowest BCUT2D eigenvalue weighted by Gasteiger charge is -2.20. The van der Waals surface area contributed by atoms with E-state index in [0.29, 0.717) is 27.9 Å². The van der Waals surface area contributed by atoms with Crippen molar-refractivity contribution < 1.29 is 13.2 Å². The summed E-state index contributed by atoms with van der Waals surface area (Å²) in [6, 6.07) is 74.5. The highest BCUT2D eigenvalue weighted by atomic mass is 19.4. The third-order valence-electron chi connectivity index (χ3n) is 13.5. The number of para-hydroxylation sites is 1. The molecule has 2 heterocycles. The van der Waals surface area contributed by atoms with Gasteiger partial charge in [0.2, 0.25) is 0 Å². The van der Waals surface area contributed by atoms with Crippen LogP contribution in [0.2, 0.25) is 0 Å². The van der Waals surface area contributed by atoms with Crippen LogP contribution in [0.4, 0.5) is 18.9 Å². The number of alkyl halides is 3. The van der Waals surface area contributed by atoms with Gasteiger partial charge in [-0.25, -0.2) is 4.85 Å². The molecule has 0 bridgehead atoms. The molecule has 2 aromatic heterocycles. The second-order valence-corrected chi connectivity index (χ2v) is 17.5. The van der Waals surface area contributed by atoms with E-state index in [0.717, 1.165) is 94.4 Å². The van der Waals surface area contributed by atoms with E-state index in [1.54, 1.807) is 19.1 Å². The van der Waals surface area contributed by atoms with Gasteiger partial charge >= 0.3 is 6.18 Å². The van der Waals surface area contributed by atoms with Gasteiger partial charge in [-0.1, -0.05) is 152 Å². The minimum atomic E-state index is -4.59. The Labute approximate surface area is 397 Å². The Morgan fingerprint density at radius 1 is 0.391 bits per heavy atom. The molecule has 0 aliphatic rings. The third-order valence-corrected chi connectivity index (χ3v) is 13.5. The summed E-state index contributed by atoms with van der Waals surface area (Å²) >= 11 is 0. The molecule has 0 saturated heterocycles. The van der Waals surface area contributed by atoms with E-state index in [1.165, 1.54) is 6.07 Å². The molecule has 0 amide bonds. The summed E-state index contributed by atoms with van der Waals surface area (Å²) < 4.78 is 49.2. The first-order valence-electron chi connectivity index (χ1n) is 22.8. The van der Waals surface area contributed by atoms with Gasteiger partial charge in [0.05, 0.1) is 39.9 Å². The second-order valence-electron chi connectivity index (χ2n) is 17.5. The summed E-state index contributed by atoms with van der Waals surface area (Å²) in [7, 11) is 0. The van der Waals surface area contributed by atoms with E-state index in [4.69, 9.17) is 6.57 Å². The Morgan fingerprint density at radius 3 is 1.43 bits per heavy atom. The van der Waals surface area contributed by atoms with Crippen molar-refractivity contribution in [1.29, 1.82) is 0 Å². The maximum atomic E-state index is 14.9. The monoisotopic (exact) mass is 895 g/mol. The maximum Gasteiger partial charge on any atom is 0.417 e. The highest BCUT2D eigenvalue weighted by Gasteiger charge is 2.34. The van der Waals surface area contributed by atoms with Gasteiger partial charge in [0.25, 0.3) is 0 Å². The Hall–Kier alpha value is -8.92. The van der Waals surface area contributed by atoms with E-state index >= 15 is 0 Å². The van der Waals surface area contributed by atoms with Crippen molar-refractivity contribution in [3.8, 4) is 67.0 Å². The summed E-state index contributed by atoms with van der Waals surface area (Å²) in [5.74, 6) is 0. The summed E-state index contributed by atoms with van der Waals surface area (Å²) in [4.78, 5) is 4.10. The molecule has 0 atom stereocenters. The Bertz CT molecular complexity index is 3910. The lowest BCUT2D eigenvalue weighted by Crippen LogP contribution is -2.08. The number of rotatable bonds is 7. The minimum absolute atomic E-state index is 0.110. The highest BCUT2D eigenvalue weighted by Crippen LogP contribution is 2.46. The van der Waals surface area contributed by atoms with Crippen molar-refractivity contribution >= 4 is 49.3 Å². The van der Waals surface area contributed by atoms with Crippen LogP contribution in [0.25, 0.3) is 115 Å². The zero-order valence-electron chi connectivity index (χ0n) is 37.3. The summed E-state index contributed by atoms with van der Waals surface area (Å²) in [5.41, 5.74) is 13.9. The van der Waals surface area contributed by atoms with Crippen LogP contribution in [0.1, 0.15) is 11.1 Å². The van der Waals surface area contributed by atoms with Gasteiger partial charge in [0.15, 0.2) is 5.69 Å². The van der Waals surface area contributed by atoms with E-state index in [1.807, 2.05) is 97.1 Å². The molecule has 0 fully saturated rings. The molecule has 69 heavy (non-hydrogen) atoms. The highest BCUT2D eigenvalue weighted by molar-refractivity contribution is 6.13. The fourth-order valence-corrected chi connectivity index (χ4v) is 10.3. The Balaban J connectivity index is 1.14. The minimum Gasteiger partial charge on any atom is -0.309 e. The molecule has 10 aromatic carbocycles. The Morgan fingerprint density at radius 2 is 0.884 bits per heavy atom. The second kappa shape index (κ2) is 16.4. The van der Waals surface area contributed by atoms with E-state index < -0.39 is 11.7 Å². The zero-order chi connectivity index (χ0) is 46.8. The van der Waals surface area contributed by atoms with Crippen molar-refractivity contribution in [2.75, 3.05) is 0 Å². The van der Waals surface area contributed by atoms with Crippen LogP contribution < -0.4 is 0 Å². The molecule has 3 nitrogen and oxygen atoms in total. The molecule has 0 unspecified atom stereocenters. The van der Waals surface area contributed by atoms with Crippen LogP contribution in [-0.2, 0) is 6.18 Å². The number of fused-ring (bicyclic) bond motifs is 6. The SMILES string of the molecule is [C-]#[N+]c1ccc(-n2c3ccc(-c4ccccc4)cc3c3cc(-c4ccccc4)ccc32)cc1-c1cc(-c2c(C)cccc2C(F)(F)F)ccc1-n1c2ccccc2c2cc(-c3ccccc3)ccc21. The molecule has 0 spiro atoms. The molecule has 328 valence electrons. The molecule has 6 heteroatoms. The number of halogens is 3. The first-order valence-corrected chi connectivity index (χ1v) is 22.8. The van der Waals surface area contributed by atoms with Crippen molar-refractivity contribution in [3.05, 3.63) is 247 Å². The smallest absolute Gasteiger partial charge is 0.309 e. The molecule has 0 saturated carbocycles. The first-order chi connectivity index (χ1) is 33.7. The van der Waals surface area contributed by atoms with Crippen molar-refractivity contribution in [2.45, 2.75) is 13.1 Å². The van der Waals surface area contributed by atoms with Crippen molar-refractivity contribution in [2.24, 2.45) is 0 Å². The number of hydrogen-bond donors (Lipinski definition) is 0. The topological polar surface area (TPSA) is 14.2 Å². The predicted molar refractivity (Wildman–Crippen MR) is 278 cm³/mol. The standard InChI is InChI=1S/C63H40F3N3/c1-40-15-14-23-55(63(64,65)66)62(40)47-28-34-61(69-57-24-13-12-22-49(57)51-35-44(27-33-60(51)69)41-16-6-3-7-17-41)52(38-47)50-39-48(29-30-56(50)67-2)68-58-31-25-45(42-18-8-4-9-19-42)36-53(58)54-37-46(26-32-59(54)68)43-20-10-5-11-21-43/h3-39H,1H3. The molecule has 0 aliphatic carbocycles. The van der Waals surface area contributed by atoms with Gasteiger partial charge in [-0.2, -0.15) is 13.2 Å². The van der Waals surface area contributed by atoms with Gasteiger partial charge in [0.1, 0.15) is 0 Å². The van der Waals surface area contributed by atoms with Crippen molar-refractivity contribution in [1.82, 2.24) is 9.13 Å². The quantitative estimate of drug-likeness (QED) is 0.142. The average molecular weight is 896 g/mol. The number of benzene rings is 10. The summed E-state index contributed by atoms with van der Waals surface area (Å²) in [5, 5.41) is 4.21.